The number of rotatable bonds is 9. The molecule has 1 aliphatic rings. The number of carbonyl (C=O) groups excluding carboxylic acids is 1. The van der Waals surface area contributed by atoms with Gasteiger partial charge in [0.15, 0.2) is 0 Å². The van der Waals surface area contributed by atoms with Crippen LogP contribution in [0.5, 0.6) is 0 Å². The molecule has 0 bridgehead atoms. The Bertz CT molecular complexity index is 1290. The number of benzene rings is 2. The summed E-state index contributed by atoms with van der Waals surface area (Å²) >= 11 is 1.57. The molecule has 0 N–H and O–H groups in total. The second-order valence-corrected chi connectivity index (χ2v) is 9.96. The Morgan fingerprint density at radius 2 is 1.75 bits per heavy atom. The number of unbranched alkanes of at least 4 members (excludes halogenated alkanes) is 1. The normalized spacial score (nSPS) is 14.4. The van der Waals surface area contributed by atoms with E-state index in [-0.39, 0.29) is 5.97 Å². The molecule has 0 radical (unpaired) electrons. The van der Waals surface area contributed by atoms with Gasteiger partial charge in [-0.05, 0) is 62.6 Å². The number of nitrogens with zero attached hydrogens (tertiary/aromatic N) is 4. The Hall–Kier alpha value is -3.23. The van der Waals surface area contributed by atoms with E-state index < -0.39 is 0 Å². The summed E-state index contributed by atoms with van der Waals surface area (Å²) in [4.78, 5) is 19.8. The van der Waals surface area contributed by atoms with Crippen molar-refractivity contribution in [1.29, 1.82) is 0 Å². The molecule has 1 saturated heterocycles. The summed E-state index contributed by atoms with van der Waals surface area (Å²) in [5.41, 5.74) is 4.70. The van der Waals surface area contributed by atoms with Crippen LogP contribution < -0.4 is 4.90 Å². The van der Waals surface area contributed by atoms with Crippen LogP contribution in [0.4, 0.5) is 5.69 Å². The molecule has 0 aliphatic carbocycles. The number of esters is 1. The lowest BCUT2D eigenvalue weighted by Crippen LogP contribution is -2.37. The molecular weight excluding hydrogens is 472 g/mol. The molecule has 8 heteroatoms. The standard InChI is InChI=1S/C28H32N4O3S/c1-3-5-18-35-24-14-16-31(17-15-24)23-12-10-21(11-13-23)26-30-32-25(19-29-28(32)36-26)20-6-8-22(9-7-20)27(33)34-4-2/h6-13,19,24H,3-5,14-18H2,1-2H3. The Morgan fingerprint density at radius 3 is 2.44 bits per heavy atom. The Labute approximate surface area is 215 Å². The molecule has 0 amide bonds. The number of piperidine rings is 1. The lowest BCUT2D eigenvalue weighted by atomic mass is 10.1. The molecule has 3 heterocycles. The minimum absolute atomic E-state index is 0.313. The fourth-order valence-corrected chi connectivity index (χ4v) is 5.37. The SMILES string of the molecule is CCCCOC1CCN(c2ccc(-c3nn4c(-c5ccc(C(=O)OCC)cc5)cnc4s3)cc2)CC1. The number of aromatic nitrogens is 3. The molecule has 36 heavy (non-hydrogen) atoms. The average Bonchev–Trinajstić information content (AvgIpc) is 3.51. The van der Waals surface area contributed by atoms with E-state index in [0.29, 0.717) is 18.3 Å². The fraction of sp³-hybridized carbons (Fsp3) is 0.393. The number of hydrogen-bond acceptors (Lipinski definition) is 7. The van der Waals surface area contributed by atoms with Gasteiger partial charge >= 0.3 is 5.97 Å². The molecule has 7 nitrogen and oxygen atoms in total. The van der Waals surface area contributed by atoms with Gasteiger partial charge in [0.25, 0.3) is 0 Å². The lowest BCUT2D eigenvalue weighted by Gasteiger charge is -2.33. The van der Waals surface area contributed by atoms with Gasteiger partial charge in [-0.25, -0.2) is 14.3 Å². The van der Waals surface area contributed by atoms with Gasteiger partial charge in [-0.2, -0.15) is 5.10 Å². The molecule has 0 saturated carbocycles. The first kappa shape index (κ1) is 24.5. The van der Waals surface area contributed by atoms with Crippen molar-refractivity contribution < 1.29 is 14.3 Å². The van der Waals surface area contributed by atoms with Crippen molar-refractivity contribution in [3.8, 4) is 21.8 Å². The highest BCUT2D eigenvalue weighted by Crippen LogP contribution is 2.31. The predicted molar refractivity (Wildman–Crippen MR) is 144 cm³/mol. The quantitative estimate of drug-likeness (QED) is 0.203. The van der Waals surface area contributed by atoms with Crippen molar-refractivity contribution in [3.63, 3.8) is 0 Å². The van der Waals surface area contributed by atoms with Crippen molar-refractivity contribution in [2.45, 2.75) is 45.6 Å². The summed E-state index contributed by atoms with van der Waals surface area (Å²) in [6.45, 7) is 7.30. The van der Waals surface area contributed by atoms with Gasteiger partial charge in [0.2, 0.25) is 4.96 Å². The third kappa shape index (κ3) is 5.29. The van der Waals surface area contributed by atoms with Gasteiger partial charge in [-0.3, -0.25) is 0 Å². The first-order valence-corrected chi connectivity index (χ1v) is 13.6. The van der Waals surface area contributed by atoms with Crippen LogP contribution in [0.15, 0.2) is 54.7 Å². The summed E-state index contributed by atoms with van der Waals surface area (Å²) in [7, 11) is 0. The van der Waals surface area contributed by atoms with Crippen LogP contribution in [0.2, 0.25) is 0 Å². The zero-order valence-corrected chi connectivity index (χ0v) is 21.7. The highest BCUT2D eigenvalue weighted by Gasteiger charge is 2.20. The number of anilines is 1. The predicted octanol–water partition coefficient (Wildman–Crippen LogP) is 6.09. The Balaban J connectivity index is 1.27. The zero-order valence-electron chi connectivity index (χ0n) is 20.9. The Morgan fingerprint density at radius 1 is 1.03 bits per heavy atom. The van der Waals surface area contributed by atoms with Crippen molar-refractivity contribution in [1.82, 2.24) is 14.6 Å². The van der Waals surface area contributed by atoms with Crippen LogP contribution in [-0.4, -0.2) is 53.0 Å². The van der Waals surface area contributed by atoms with E-state index >= 15 is 0 Å². The fourth-order valence-electron chi connectivity index (χ4n) is 4.49. The van der Waals surface area contributed by atoms with Gasteiger partial charge in [0, 0.05) is 36.5 Å². The summed E-state index contributed by atoms with van der Waals surface area (Å²) < 4.78 is 13.0. The topological polar surface area (TPSA) is 69.0 Å². The van der Waals surface area contributed by atoms with Gasteiger partial charge < -0.3 is 14.4 Å². The van der Waals surface area contributed by atoms with Crippen LogP contribution in [0.1, 0.15) is 49.9 Å². The van der Waals surface area contributed by atoms with Crippen molar-refractivity contribution in [3.05, 3.63) is 60.3 Å². The minimum Gasteiger partial charge on any atom is -0.462 e. The monoisotopic (exact) mass is 504 g/mol. The van der Waals surface area contributed by atoms with Gasteiger partial charge in [0.1, 0.15) is 5.01 Å². The number of hydrogen-bond donors (Lipinski definition) is 0. The summed E-state index contributed by atoms with van der Waals surface area (Å²) in [6.07, 6.45) is 6.71. The molecule has 2 aromatic heterocycles. The van der Waals surface area contributed by atoms with E-state index in [1.165, 1.54) is 12.1 Å². The highest BCUT2D eigenvalue weighted by molar-refractivity contribution is 7.19. The van der Waals surface area contributed by atoms with Gasteiger partial charge in [0.05, 0.1) is 30.2 Å². The third-order valence-electron chi connectivity index (χ3n) is 6.55. The molecule has 0 spiro atoms. The maximum atomic E-state index is 11.9. The molecule has 0 atom stereocenters. The van der Waals surface area contributed by atoms with Crippen molar-refractivity contribution in [2.75, 3.05) is 31.2 Å². The van der Waals surface area contributed by atoms with E-state index in [2.05, 4.69) is 41.1 Å². The Kier molecular flexibility index (Phi) is 7.63. The minimum atomic E-state index is -0.313. The number of ether oxygens (including phenoxy) is 2. The van der Waals surface area contributed by atoms with Crippen LogP contribution in [0, 0.1) is 0 Å². The number of imidazole rings is 1. The second kappa shape index (κ2) is 11.2. The molecule has 4 aromatic rings. The van der Waals surface area contributed by atoms with E-state index in [4.69, 9.17) is 14.6 Å². The molecule has 1 aliphatic heterocycles. The average molecular weight is 505 g/mol. The molecule has 1 fully saturated rings. The lowest BCUT2D eigenvalue weighted by molar-refractivity contribution is 0.0354. The van der Waals surface area contributed by atoms with Crippen LogP contribution in [0.25, 0.3) is 26.8 Å². The first-order valence-electron chi connectivity index (χ1n) is 12.8. The molecule has 2 aromatic carbocycles. The largest absolute Gasteiger partial charge is 0.462 e. The number of carbonyl (C=O) groups is 1. The maximum absolute atomic E-state index is 11.9. The van der Waals surface area contributed by atoms with E-state index in [1.54, 1.807) is 30.4 Å². The van der Waals surface area contributed by atoms with E-state index in [1.807, 2.05) is 22.8 Å². The van der Waals surface area contributed by atoms with E-state index in [0.717, 1.165) is 65.7 Å². The van der Waals surface area contributed by atoms with Crippen LogP contribution >= 0.6 is 11.3 Å². The zero-order chi connectivity index (χ0) is 24.9. The van der Waals surface area contributed by atoms with Crippen molar-refractivity contribution >= 4 is 28.0 Å². The molecule has 5 rings (SSSR count). The number of fused-ring (bicyclic) bond motifs is 1. The van der Waals surface area contributed by atoms with Crippen LogP contribution in [0.3, 0.4) is 0 Å². The molecule has 0 unspecified atom stereocenters. The van der Waals surface area contributed by atoms with E-state index in [9.17, 15) is 4.79 Å². The first-order chi connectivity index (χ1) is 17.7. The molecular formula is C28H32N4O3S. The smallest absolute Gasteiger partial charge is 0.338 e. The van der Waals surface area contributed by atoms with Crippen LogP contribution in [-0.2, 0) is 9.47 Å². The maximum Gasteiger partial charge on any atom is 0.338 e. The summed E-state index contributed by atoms with van der Waals surface area (Å²) in [5, 5.41) is 5.77. The van der Waals surface area contributed by atoms with Gasteiger partial charge in [-0.15, -0.1) is 0 Å². The third-order valence-corrected chi connectivity index (χ3v) is 7.52. The summed E-state index contributed by atoms with van der Waals surface area (Å²) in [6, 6.07) is 16.0. The second-order valence-electron chi connectivity index (χ2n) is 9.00. The molecule has 188 valence electrons. The van der Waals surface area contributed by atoms with Gasteiger partial charge in [-0.1, -0.05) is 36.8 Å². The van der Waals surface area contributed by atoms with Crippen molar-refractivity contribution in [2.24, 2.45) is 0 Å². The highest BCUT2D eigenvalue weighted by atomic mass is 32.1. The summed E-state index contributed by atoms with van der Waals surface area (Å²) in [5.74, 6) is -0.313.